The van der Waals surface area contributed by atoms with Gasteiger partial charge in [0.25, 0.3) is 3.79 Å². The van der Waals surface area contributed by atoms with Gasteiger partial charge < -0.3 is 4.74 Å². The Balaban J connectivity index is 4.53. The third kappa shape index (κ3) is 3.01. The second kappa shape index (κ2) is 4.12. The third-order valence-corrected chi connectivity index (χ3v) is 1.48. The zero-order chi connectivity index (χ0) is 9.94. The van der Waals surface area contributed by atoms with Crippen LogP contribution in [0.5, 0.6) is 0 Å². The number of Topliss-reactive ketones (excluding diaryl/α,β-unsaturated/α-hetero) is 1. The molecule has 0 N–H and O–H groups in total. The van der Waals surface area contributed by atoms with Crippen LogP contribution in [0.2, 0.25) is 0 Å². The molecule has 0 aromatic carbocycles. The summed E-state index contributed by atoms with van der Waals surface area (Å²) in [6.45, 7) is 3.11. The van der Waals surface area contributed by atoms with Crippen molar-refractivity contribution in [3.05, 3.63) is 12.2 Å². The predicted molar refractivity (Wildman–Crippen MR) is 46.5 cm³/mol. The Morgan fingerprint density at radius 2 is 1.75 bits per heavy atom. The minimum atomic E-state index is -2.16. The van der Waals surface area contributed by atoms with Crippen LogP contribution in [0, 0.1) is 0 Å². The largest absolute Gasteiger partial charge is 0.465 e. The summed E-state index contributed by atoms with van der Waals surface area (Å²) < 4.78 is 2.03. The first kappa shape index (κ1) is 11.8. The zero-order valence-electron chi connectivity index (χ0n) is 6.07. The molecule has 3 nitrogen and oxygen atoms in total. The Bertz CT molecular complexity index is 229. The Morgan fingerprint density at radius 1 is 1.33 bits per heavy atom. The highest BCUT2D eigenvalue weighted by molar-refractivity contribution is 6.78. The van der Waals surface area contributed by atoms with Crippen LogP contribution in [0.1, 0.15) is 0 Å². The molecule has 0 amide bonds. The van der Waals surface area contributed by atoms with Crippen LogP contribution in [0.25, 0.3) is 0 Å². The van der Waals surface area contributed by atoms with Crippen molar-refractivity contribution in [2.75, 3.05) is 7.11 Å². The van der Waals surface area contributed by atoms with E-state index in [2.05, 4.69) is 11.3 Å². The van der Waals surface area contributed by atoms with Crippen LogP contribution < -0.4 is 0 Å². The van der Waals surface area contributed by atoms with Crippen molar-refractivity contribution < 1.29 is 14.3 Å². The summed E-state index contributed by atoms with van der Waals surface area (Å²) in [7, 11) is 1.10. The maximum absolute atomic E-state index is 11.0. The molecule has 0 aliphatic rings. The third-order valence-electron chi connectivity index (χ3n) is 0.963. The van der Waals surface area contributed by atoms with Crippen LogP contribution in [-0.4, -0.2) is 22.7 Å². The molecule has 68 valence electrons. The standard InChI is InChI=1S/C6H5Cl3O3/c1-3(5(11)12-2)4(10)6(7,8)9/h1H2,2H3. The fourth-order valence-corrected chi connectivity index (χ4v) is 0.729. The van der Waals surface area contributed by atoms with Gasteiger partial charge in [0.05, 0.1) is 7.11 Å². The lowest BCUT2D eigenvalue weighted by atomic mass is 10.2. The number of rotatable bonds is 2. The number of halogens is 3. The summed E-state index contributed by atoms with van der Waals surface area (Å²) in [5.74, 6) is -1.90. The summed E-state index contributed by atoms with van der Waals surface area (Å²) in [6, 6.07) is 0. The van der Waals surface area contributed by atoms with Crippen molar-refractivity contribution in [2.24, 2.45) is 0 Å². The van der Waals surface area contributed by atoms with Gasteiger partial charge >= 0.3 is 5.97 Å². The number of methoxy groups -OCH3 is 1. The highest BCUT2D eigenvalue weighted by atomic mass is 35.6. The average molecular weight is 231 g/mol. The first-order valence-corrected chi connectivity index (χ1v) is 3.83. The molecule has 0 aromatic heterocycles. The Kier molecular flexibility index (Phi) is 4.03. The number of ether oxygens (including phenoxy) is 1. The molecule has 0 aromatic rings. The quantitative estimate of drug-likeness (QED) is 0.239. The highest BCUT2D eigenvalue weighted by Crippen LogP contribution is 2.29. The minimum absolute atomic E-state index is 0.488. The van der Waals surface area contributed by atoms with E-state index < -0.39 is 21.1 Å². The maximum Gasteiger partial charge on any atom is 0.341 e. The number of alkyl halides is 3. The normalized spacial score (nSPS) is 10.7. The van der Waals surface area contributed by atoms with Gasteiger partial charge in [-0.15, -0.1) is 0 Å². The van der Waals surface area contributed by atoms with Gasteiger partial charge in [-0.3, -0.25) is 4.79 Å². The van der Waals surface area contributed by atoms with Crippen molar-refractivity contribution in [2.45, 2.75) is 3.79 Å². The van der Waals surface area contributed by atoms with E-state index in [0.717, 1.165) is 7.11 Å². The fraction of sp³-hybridized carbons (Fsp3) is 0.333. The number of esters is 1. The number of carbonyl (C=O) groups is 2. The molecule has 0 rings (SSSR count). The van der Waals surface area contributed by atoms with E-state index in [4.69, 9.17) is 34.8 Å². The lowest BCUT2D eigenvalue weighted by Crippen LogP contribution is -2.25. The topological polar surface area (TPSA) is 43.4 Å². The van der Waals surface area contributed by atoms with Crippen LogP contribution in [-0.2, 0) is 14.3 Å². The molecule has 0 heterocycles. The smallest absolute Gasteiger partial charge is 0.341 e. The molecular weight excluding hydrogens is 226 g/mol. The molecule has 6 heteroatoms. The van der Waals surface area contributed by atoms with Crippen LogP contribution in [0.15, 0.2) is 12.2 Å². The summed E-state index contributed by atoms with van der Waals surface area (Å²) >= 11 is 15.6. The second-order valence-electron chi connectivity index (χ2n) is 1.80. The van der Waals surface area contributed by atoms with E-state index in [1.165, 1.54) is 0 Å². The number of carbonyl (C=O) groups excluding carboxylic acids is 2. The summed E-state index contributed by atoms with van der Waals surface area (Å²) in [4.78, 5) is 21.7. The van der Waals surface area contributed by atoms with Crippen LogP contribution in [0.3, 0.4) is 0 Å². The Labute approximate surface area is 84.2 Å². The molecular formula is C6H5Cl3O3. The maximum atomic E-state index is 11.0. The van der Waals surface area contributed by atoms with Crippen molar-refractivity contribution in [1.82, 2.24) is 0 Å². The molecule has 12 heavy (non-hydrogen) atoms. The fourth-order valence-electron chi connectivity index (χ4n) is 0.387. The number of hydrogen-bond acceptors (Lipinski definition) is 3. The first-order chi connectivity index (χ1) is 5.30. The molecule has 0 atom stereocenters. The molecule has 0 unspecified atom stereocenters. The molecule has 0 aliphatic carbocycles. The molecule has 0 saturated carbocycles. The molecule has 0 spiro atoms. The van der Waals surface area contributed by atoms with Gasteiger partial charge in [0.15, 0.2) is 0 Å². The Morgan fingerprint density at radius 3 is 2.00 bits per heavy atom. The lowest BCUT2D eigenvalue weighted by Gasteiger charge is -2.09. The van der Waals surface area contributed by atoms with Crippen molar-refractivity contribution >= 4 is 46.6 Å². The summed E-state index contributed by atoms with van der Waals surface area (Å²) in [6.07, 6.45) is 0. The summed E-state index contributed by atoms with van der Waals surface area (Å²) in [5.41, 5.74) is -0.488. The molecule has 0 radical (unpaired) electrons. The second-order valence-corrected chi connectivity index (χ2v) is 4.08. The van der Waals surface area contributed by atoms with Gasteiger partial charge in [-0.25, -0.2) is 4.79 Å². The number of hydrogen-bond donors (Lipinski definition) is 0. The van der Waals surface area contributed by atoms with Crippen molar-refractivity contribution in [1.29, 1.82) is 0 Å². The van der Waals surface area contributed by atoms with Crippen LogP contribution >= 0.6 is 34.8 Å². The van der Waals surface area contributed by atoms with E-state index in [1.54, 1.807) is 0 Å². The average Bonchev–Trinajstić information content (AvgIpc) is 1.98. The first-order valence-electron chi connectivity index (χ1n) is 2.69. The predicted octanol–water partition coefficient (Wildman–Crippen LogP) is 1.65. The highest BCUT2D eigenvalue weighted by Gasteiger charge is 2.35. The van der Waals surface area contributed by atoms with Crippen molar-refractivity contribution in [3.8, 4) is 0 Å². The monoisotopic (exact) mass is 230 g/mol. The summed E-state index contributed by atoms with van der Waals surface area (Å²) in [5, 5.41) is 0. The van der Waals surface area contributed by atoms with Crippen molar-refractivity contribution in [3.63, 3.8) is 0 Å². The van der Waals surface area contributed by atoms with E-state index in [-0.39, 0.29) is 0 Å². The molecule has 0 saturated heterocycles. The molecule has 0 bridgehead atoms. The molecule has 0 fully saturated rings. The van der Waals surface area contributed by atoms with Gasteiger partial charge in [-0.05, 0) is 0 Å². The van der Waals surface area contributed by atoms with Crippen LogP contribution in [0.4, 0.5) is 0 Å². The Hall–Kier alpha value is -0.250. The van der Waals surface area contributed by atoms with Gasteiger partial charge in [0, 0.05) is 0 Å². The minimum Gasteiger partial charge on any atom is -0.465 e. The zero-order valence-corrected chi connectivity index (χ0v) is 8.33. The van der Waals surface area contributed by atoms with E-state index in [1.807, 2.05) is 0 Å². The SMILES string of the molecule is C=C(C(=O)OC)C(=O)C(Cl)(Cl)Cl. The van der Waals surface area contributed by atoms with E-state index in [0.29, 0.717) is 0 Å². The lowest BCUT2D eigenvalue weighted by molar-refractivity contribution is -0.137. The van der Waals surface area contributed by atoms with Gasteiger partial charge in [0.2, 0.25) is 5.78 Å². The van der Waals surface area contributed by atoms with Gasteiger partial charge in [0.1, 0.15) is 5.57 Å². The molecule has 0 aliphatic heterocycles. The van der Waals surface area contributed by atoms with E-state index in [9.17, 15) is 9.59 Å². The van der Waals surface area contributed by atoms with Gasteiger partial charge in [-0.2, -0.15) is 0 Å². The van der Waals surface area contributed by atoms with Gasteiger partial charge in [-0.1, -0.05) is 41.4 Å². The van der Waals surface area contributed by atoms with E-state index >= 15 is 0 Å². The number of ketones is 1.